The third-order valence-electron chi connectivity index (χ3n) is 3.41. The lowest BCUT2D eigenvalue weighted by atomic mass is 10.2. The molecule has 2 heterocycles. The van der Waals surface area contributed by atoms with Crippen molar-refractivity contribution in [2.45, 2.75) is 26.3 Å². The number of methoxy groups -OCH3 is 1. The number of hydrogen-bond donors (Lipinski definition) is 0. The molecule has 0 aliphatic rings. The molecule has 6 nitrogen and oxygen atoms in total. The monoisotopic (exact) mass is 332 g/mol. The predicted molar refractivity (Wildman–Crippen MR) is 86.7 cm³/mol. The summed E-state index contributed by atoms with van der Waals surface area (Å²) in [5.41, 5.74) is 1.58. The predicted octanol–water partition coefficient (Wildman–Crippen LogP) is 3.77. The Hall–Kier alpha value is -2.34. The third kappa shape index (κ3) is 3.22. The van der Waals surface area contributed by atoms with Crippen LogP contribution in [-0.2, 0) is 6.42 Å². The number of ether oxygens (including phenoxy) is 1. The van der Waals surface area contributed by atoms with Crippen LogP contribution in [0.5, 0.6) is 5.75 Å². The number of aromatic nitrogens is 4. The van der Waals surface area contributed by atoms with Crippen molar-refractivity contribution in [1.82, 2.24) is 19.9 Å². The molecule has 0 atom stereocenters. The van der Waals surface area contributed by atoms with E-state index in [1.54, 1.807) is 13.2 Å². The normalized spacial score (nSPS) is 11.2. The van der Waals surface area contributed by atoms with Crippen LogP contribution < -0.4 is 4.74 Å². The molecule has 0 spiro atoms. The SMILES string of the molecule is COc1c(Cl)cccc1-c1noc(Cc2ccn(C(C)C)n2)n1. The molecule has 3 aromatic rings. The Balaban J connectivity index is 1.84. The zero-order chi connectivity index (χ0) is 16.4. The Kier molecular flexibility index (Phi) is 4.34. The molecular formula is C16H17ClN4O2. The minimum atomic E-state index is 0.317. The van der Waals surface area contributed by atoms with Crippen LogP contribution in [0.15, 0.2) is 35.0 Å². The van der Waals surface area contributed by atoms with E-state index < -0.39 is 0 Å². The Morgan fingerprint density at radius 3 is 2.83 bits per heavy atom. The van der Waals surface area contributed by atoms with Crippen LogP contribution in [0.2, 0.25) is 5.02 Å². The van der Waals surface area contributed by atoms with E-state index in [0.29, 0.717) is 40.5 Å². The standard InChI is InChI=1S/C16H17ClN4O2/c1-10(2)21-8-7-11(19-21)9-14-18-16(20-23-14)12-5-4-6-13(17)15(12)22-3/h4-8,10H,9H2,1-3H3. The number of rotatable bonds is 5. The summed E-state index contributed by atoms with van der Waals surface area (Å²) in [6, 6.07) is 7.68. The second-order valence-corrected chi connectivity index (χ2v) is 5.80. The van der Waals surface area contributed by atoms with Gasteiger partial charge >= 0.3 is 0 Å². The van der Waals surface area contributed by atoms with Gasteiger partial charge in [0.25, 0.3) is 0 Å². The highest BCUT2D eigenvalue weighted by Crippen LogP contribution is 2.34. The maximum atomic E-state index is 6.12. The topological polar surface area (TPSA) is 66.0 Å². The van der Waals surface area contributed by atoms with Gasteiger partial charge in [0, 0.05) is 12.2 Å². The lowest BCUT2D eigenvalue weighted by Gasteiger charge is -2.06. The van der Waals surface area contributed by atoms with Crippen molar-refractivity contribution in [3.8, 4) is 17.1 Å². The van der Waals surface area contributed by atoms with Crippen molar-refractivity contribution in [3.05, 3.63) is 47.1 Å². The molecule has 3 rings (SSSR count). The Morgan fingerprint density at radius 2 is 2.13 bits per heavy atom. The molecule has 0 fully saturated rings. The van der Waals surface area contributed by atoms with Crippen molar-refractivity contribution < 1.29 is 9.26 Å². The van der Waals surface area contributed by atoms with E-state index in [4.69, 9.17) is 20.9 Å². The first-order chi connectivity index (χ1) is 11.1. The molecule has 2 aromatic heterocycles. The maximum Gasteiger partial charge on any atom is 0.233 e. The lowest BCUT2D eigenvalue weighted by Crippen LogP contribution is -2.02. The minimum Gasteiger partial charge on any atom is -0.494 e. The van der Waals surface area contributed by atoms with Gasteiger partial charge in [-0.1, -0.05) is 22.8 Å². The lowest BCUT2D eigenvalue weighted by molar-refractivity contribution is 0.383. The summed E-state index contributed by atoms with van der Waals surface area (Å²) >= 11 is 6.12. The van der Waals surface area contributed by atoms with E-state index in [1.807, 2.05) is 29.1 Å². The smallest absolute Gasteiger partial charge is 0.233 e. The first-order valence-electron chi connectivity index (χ1n) is 7.28. The van der Waals surface area contributed by atoms with Gasteiger partial charge in [0.2, 0.25) is 11.7 Å². The molecular weight excluding hydrogens is 316 g/mol. The molecule has 0 N–H and O–H groups in total. The van der Waals surface area contributed by atoms with Crippen LogP contribution in [0.3, 0.4) is 0 Å². The fraction of sp³-hybridized carbons (Fsp3) is 0.312. The van der Waals surface area contributed by atoms with E-state index in [-0.39, 0.29) is 0 Å². The van der Waals surface area contributed by atoms with Gasteiger partial charge in [0.1, 0.15) is 5.75 Å². The van der Waals surface area contributed by atoms with Gasteiger partial charge in [-0.3, -0.25) is 4.68 Å². The van der Waals surface area contributed by atoms with Crippen molar-refractivity contribution in [2.24, 2.45) is 0 Å². The highest BCUT2D eigenvalue weighted by atomic mass is 35.5. The van der Waals surface area contributed by atoms with E-state index in [9.17, 15) is 0 Å². The largest absolute Gasteiger partial charge is 0.494 e. The highest BCUT2D eigenvalue weighted by Gasteiger charge is 2.16. The van der Waals surface area contributed by atoms with Crippen LogP contribution in [-0.4, -0.2) is 27.0 Å². The molecule has 1 aromatic carbocycles. The van der Waals surface area contributed by atoms with Crippen LogP contribution in [0.1, 0.15) is 31.5 Å². The van der Waals surface area contributed by atoms with E-state index >= 15 is 0 Å². The fourth-order valence-electron chi connectivity index (χ4n) is 2.24. The second kappa shape index (κ2) is 6.42. The summed E-state index contributed by atoms with van der Waals surface area (Å²) in [5, 5.41) is 9.00. The maximum absolute atomic E-state index is 6.12. The molecule has 0 unspecified atom stereocenters. The van der Waals surface area contributed by atoms with Gasteiger partial charge in [-0.15, -0.1) is 0 Å². The number of halogens is 1. The van der Waals surface area contributed by atoms with Crippen LogP contribution >= 0.6 is 11.6 Å². The van der Waals surface area contributed by atoms with Gasteiger partial charge in [-0.25, -0.2) is 0 Å². The Bertz CT molecular complexity index is 810. The highest BCUT2D eigenvalue weighted by molar-refractivity contribution is 6.32. The summed E-state index contributed by atoms with van der Waals surface area (Å²) in [6.07, 6.45) is 2.42. The van der Waals surface area contributed by atoms with Crippen LogP contribution in [0.25, 0.3) is 11.4 Å². The van der Waals surface area contributed by atoms with Crippen LogP contribution in [0, 0.1) is 0 Å². The Labute approximate surface area is 139 Å². The number of para-hydroxylation sites is 1. The first kappa shape index (κ1) is 15.6. The zero-order valence-electron chi connectivity index (χ0n) is 13.2. The molecule has 0 bridgehead atoms. The second-order valence-electron chi connectivity index (χ2n) is 5.39. The van der Waals surface area contributed by atoms with Crippen molar-refractivity contribution in [2.75, 3.05) is 7.11 Å². The Morgan fingerprint density at radius 1 is 1.30 bits per heavy atom. The molecule has 0 radical (unpaired) electrons. The molecule has 0 saturated carbocycles. The third-order valence-corrected chi connectivity index (χ3v) is 3.70. The molecule has 0 aliphatic heterocycles. The van der Waals surface area contributed by atoms with Gasteiger partial charge in [0.05, 0.1) is 29.8 Å². The summed E-state index contributed by atoms with van der Waals surface area (Å²) in [4.78, 5) is 4.41. The van der Waals surface area contributed by atoms with Gasteiger partial charge < -0.3 is 9.26 Å². The van der Waals surface area contributed by atoms with Crippen molar-refractivity contribution in [1.29, 1.82) is 0 Å². The molecule has 23 heavy (non-hydrogen) atoms. The summed E-state index contributed by atoms with van der Waals surface area (Å²) < 4.78 is 12.5. The molecule has 0 aliphatic carbocycles. The van der Waals surface area contributed by atoms with Gasteiger partial charge in [-0.2, -0.15) is 10.1 Å². The summed E-state index contributed by atoms with van der Waals surface area (Å²) in [6.45, 7) is 4.15. The molecule has 0 saturated heterocycles. The molecule has 120 valence electrons. The number of nitrogens with zero attached hydrogens (tertiary/aromatic N) is 4. The van der Waals surface area contributed by atoms with Crippen LogP contribution in [0.4, 0.5) is 0 Å². The summed E-state index contributed by atoms with van der Waals surface area (Å²) in [7, 11) is 1.56. The molecule has 7 heteroatoms. The number of benzene rings is 1. The van der Waals surface area contributed by atoms with Gasteiger partial charge in [-0.05, 0) is 32.0 Å². The minimum absolute atomic E-state index is 0.317. The zero-order valence-corrected chi connectivity index (χ0v) is 13.9. The van der Waals surface area contributed by atoms with Gasteiger partial charge in [0.15, 0.2) is 0 Å². The quantitative estimate of drug-likeness (QED) is 0.711. The van der Waals surface area contributed by atoms with E-state index in [0.717, 1.165) is 5.69 Å². The van der Waals surface area contributed by atoms with E-state index in [1.165, 1.54) is 0 Å². The fourth-order valence-corrected chi connectivity index (χ4v) is 2.49. The summed E-state index contributed by atoms with van der Waals surface area (Å²) in [5.74, 6) is 1.48. The van der Waals surface area contributed by atoms with Crippen molar-refractivity contribution >= 4 is 11.6 Å². The average molecular weight is 333 g/mol. The average Bonchev–Trinajstić information content (AvgIpc) is 3.17. The molecule has 0 amide bonds. The first-order valence-corrected chi connectivity index (χ1v) is 7.65. The van der Waals surface area contributed by atoms with Crippen molar-refractivity contribution in [3.63, 3.8) is 0 Å². The number of hydrogen-bond acceptors (Lipinski definition) is 5. The van der Waals surface area contributed by atoms with E-state index in [2.05, 4.69) is 29.1 Å².